The maximum atomic E-state index is 14.0. The largest absolute Gasteiger partial charge is 0.495 e. The molecule has 0 saturated heterocycles. The molecule has 0 radical (unpaired) electrons. The Morgan fingerprint density at radius 1 is 1.02 bits per heavy atom. The summed E-state index contributed by atoms with van der Waals surface area (Å²) in [5.74, 6) is -0.636. The molecule has 3 aromatic carbocycles. The average molecular weight is 586 g/mol. The van der Waals surface area contributed by atoms with Crippen LogP contribution in [-0.2, 0) is 26.2 Å². The van der Waals surface area contributed by atoms with E-state index in [0.717, 1.165) is 28.3 Å². The highest BCUT2D eigenvalue weighted by molar-refractivity contribution is 7.92. The molecular weight excluding hydrogens is 550 g/mol. The molecule has 8 nitrogen and oxygen atoms in total. The second kappa shape index (κ2) is 14.2. The van der Waals surface area contributed by atoms with E-state index in [-0.39, 0.29) is 33.8 Å². The zero-order valence-electron chi connectivity index (χ0n) is 23.3. The molecule has 0 fully saturated rings. The number of hydrogen-bond donors (Lipinski definition) is 1. The summed E-state index contributed by atoms with van der Waals surface area (Å²) in [4.78, 5) is 28.5. The number of nitrogens with zero attached hydrogens (tertiary/aromatic N) is 2. The summed E-state index contributed by atoms with van der Waals surface area (Å²) >= 11 is 6.26. The molecule has 0 spiro atoms. The van der Waals surface area contributed by atoms with Crippen LogP contribution in [0.25, 0.3) is 0 Å². The first-order valence-corrected chi connectivity index (χ1v) is 14.9. The van der Waals surface area contributed by atoms with Gasteiger partial charge in [0.15, 0.2) is 0 Å². The van der Waals surface area contributed by atoms with Crippen LogP contribution in [0.4, 0.5) is 5.69 Å². The topological polar surface area (TPSA) is 96.0 Å². The fraction of sp³-hybridized carbons (Fsp3) is 0.333. The van der Waals surface area contributed by atoms with Crippen LogP contribution in [0, 0.1) is 6.92 Å². The molecular formula is C30H36ClN3O5S. The Hall–Kier alpha value is -3.56. The molecule has 40 heavy (non-hydrogen) atoms. The van der Waals surface area contributed by atoms with Crippen LogP contribution in [0.15, 0.2) is 77.7 Å². The number of ether oxygens (including phenoxy) is 1. The number of nitrogens with one attached hydrogen (secondary N) is 1. The Bertz CT molecular complexity index is 1420. The van der Waals surface area contributed by atoms with Crippen molar-refractivity contribution in [1.29, 1.82) is 0 Å². The van der Waals surface area contributed by atoms with Gasteiger partial charge in [0.05, 0.1) is 17.7 Å². The van der Waals surface area contributed by atoms with Crippen molar-refractivity contribution in [2.45, 2.75) is 51.1 Å². The highest BCUT2D eigenvalue weighted by atomic mass is 35.5. The van der Waals surface area contributed by atoms with E-state index in [0.29, 0.717) is 6.54 Å². The maximum Gasteiger partial charge on any atom is 0.264 e. The fourth-order valence-electron chi connectivity index (χ4n) is 4.18. The molecule has 214 valence electrons. The fourth-order valence-corrected chi connectivity index (χ4v) is 5.78. The number of halogens is 1. The Kier molecular flexibility index (Phi) is 11.0. The summed E-state index contributed by atoms with van der Waals surface area (Å²) in [7, 11) is -2.82. The van der Waals surface area contributed by atoms with E-state index in [1.165, 1.54) is 30.2 Å². The monoisotopic (exact) mass is 585 g/mol. The van der Waals surface area contributed by atoms with Gasteiger partial charge < -0.3 is 15.0 Å². The summed E-state index contributed by atoms with van der Waals surface area (Å²) in [6, 6.07) is 19.1. The summed E-state index contributed by atoms with van der Waals surface area (Å²) in [6.45, 7) is 5.63. The number of sulfonamides is 1. The van der Waals surface area contributed by atoms with Gasteiger partial charge in [-0.25, -0.2) is 8.42 Å². The first-order valence-electron chi connectivity index (χ1n) is 13.1. The number of hydrogen-bond acceptors (Lipinski definition) is 5. The van der Waals surface area contributed by atoms with Gasteiger partial charge in [-0.15, -0.1) is 0 Å². The minimum atomic E-state index is -4.23. The van der Waals surface area contributed by atoms with E-state index >= 15 is 0 Å². The van der Waals surface area contributed by atoms with Crippen LogP contribution in [0.2, 0.25) is 5.02 Å². The number of rotatable bonds is 13. The second-order valence-corrected chi connectivity index (χ2v) is 11.7. The molecule has 0 aliphatic heterocycles. The smallest absolute Gasteiger partial charge is 0.264 e. The molecule has 0 aliphatic carbocycles. The summed E-state index contributed by atoms with van der Waals surface area (Å²) in [6.07, 6.45) is 1.72. The molecule has 0 saturated carbocycles. The minimum Gasteiger partial charge on any atom is -0.495 e. The van der Waals surface area contributed by atoms with Crippen LogP contribution < -0.4 is 14.4 Å². The molecule has 0 bridgehead atoms. The van der Waals surface area contributed by atoms with Gasteiger partial charge in [-0.05, 0) is 61.7 Å². The van der Waals surface area contributed by atoms with Crippen LogP contribution in [0.1, 0.15) is 37.8 Å². The van der Waals surface area contributed by atoms with Crippen molar-refractivity contribution in [3.8, 4) is 5.75 Å². The Balaban J connectivity index is 2.07. The van der Waals surface area contributed by atoms with Gasteiger partial charge in [-0.2, -0.15) is 0 Å². The van der Waals surface area contributed by atoms with Gasteiger partial charge in [0.25, 0.3) is 10.0 Å². The summed E-state index contributed by atoms with van der Waals surface area (Å²) < 4.78 is 34.3. The zero-order chi connectivity index (χ0) is 29.3. The molecule has 1 unspecified atom stereocenters. The standard InChI is InChI=1S/C30H36ClN3O5S/c1-5-6-18-32-30(36)23(3)33(20-24-13-11-10-12-22(24)2)29(35)21-34(27-19-25(31)16-17-28(27)39-4)40(37,38)26-14-8-7-9-15-26/h7-17,19,23H,5-6,18,20-21H2,1-4H3,(H,32,36). The Morgan fingerprint density at radius 2 is 1.70 bits per heavy atom. The first-order chi connectivity index (χ1) is 19.1. The minimum absolute atomic E-state index is 0.000592. The number of benzene rings is 3. The zero-order valence-corrected chi connectivity index (χ0v) is 24.8. The van der Waals surface area contributed by atoms with Crippen molar-refractivity contribution in [1.82, 2.24) is 10.2 Å². The lowest BCUT2D eigenvalue weighted by atomic mass is 10.1. The van der Waals surface area contributed by atoms with Crippen molar-refractivity contribution < 1.29 is 22.7 Å². The van der Waals surface area contributed by atoms with E-state index in [2.05, 4.69) is 5.32 Å². The van der Waals surface area contributed by atoms with Crippen LogP contribution in [0.5, 0.6) is 5.75 Å². The number of methoxy groups -OCH3 is 1. The number of carbonyl (C=O) groups excluding carboxylic acids is 2. The van der Waals surface area contributed by atoms with Gasteiger partial charge in [0, 0.05) is 18.1 Å². The average Bonchev–Trinajstić information content (AvgIpc) is 2.95. The number of amides is 2. The van der Waals surface area contributed by atoms with E-state index in [1.807, 2.05) is 38.1 Å². The van der Waals surface area contributed by atoms with E-state index in [1.54, 1.807) is 37.3 Å². The normalized spacial score (nSPS) is 11.9. The molecule has 3 rings (SSSR count). The molecule has 0 heterocycles. The van der Waals surface area contributed by atoms with Gasteiger partial charge in [-0.3, -0.25) is 13.9 Å². The van der Waals surface area contributed by atoms with Crippen molar-refractivity contribution >= 4 is 39.1 Å². The van der Waals surface area contributed by atoms with Crippen LogP contribution >= 0.6 is 11.6 Å². The predicted molar refractivity (Wildman–Crippen MR) is 158 cm³/mol. The lowest BCUT2D eigenvalue weighted by Gasteiger charge is -2.32. The summed E-state index contributed by atoms with van der Waals surface area (Å²) in [5.41, 5.74) is 1.91. The van der Waals surface area contributed by atoms with Crippen molar-refractivity contribution in [2.24, 2.45) is 0 Å². The first kappa shape index (κ1) is 31.0. The number of anilines is 1. The summed E-state index contributed by atoms with van der Waals surface area (Å²) in [5, 5.41) is 3.16. The number of aryl methyl sites for hydroxylation is 1. The van der Waals surface area contributed by atoms with E-state index < -0.39 is 28.5 Å². The maximum absolute atomic E-state index is 14.0. The number of carbonyl (C=O) groups is 2. The lowest BCUT2D eigenvalue weighted by molar-refractivity contribution is -0.139. The highest BCUT2D eigenvalue weighted by Crippen LogP contribution is 2.35. The molecule has 2 amide bonds. The predicted octanol–water partition coefficient (Wildman–Crippen LogP) is 5.19. The number of unbranched alkanes of at least 4 members (excludes halogenated alkanes) is 1. The van der Waals surface area contributed by atoms with Gasteiger partial charge in [0.1, 0.15) is 18.3 Å². The molecule has 10 heteroatoms. The van der Waals surface area contributed by atoms with Crippen LogP contribution in [0.3, 0.4) is 0 Å². The van der Waals surface area contributed by atoms with Crippen molar-refractivity contribution in [3.05, 3.63) is 88.9 Å². The van der Waals surface area contributed by atoms with Gasteiger partial charge in [0.2, 0.25) is 11.8 Å². The lowest BCUT2D eigenvalue weighted by Crippen LogP contribution is -2.51. The third kappa shape index (κ3) is 7.55. The van der Waals surface area contributed by atoms with Gasteiger partial charge >= 0.3 is 0 Å². The quantitative estimate of drug-likeness (QED) is 0.279. The van der Waals surface area contributed by atoms with Crippen molar-refractivity contribution in [2.75, 3.05) is 24.5 Å². The third-order valence-corrected chi connectivity index (χ3v) is 8.63. The van der Waals surface area contributed by atoms with E-state index in [4.69, 9.17) is 16.3 Å². The van der Waals surface area contributed by atoms with Crippen molar-refractivity contribution in [3.63, 3.8) is 0 Å². The molecule has 0 aromatic heterocycles. The third-order valence-electron chi connectivity index (χ3n) is 6.62. The Labute approximate surface area is 241 Å². The van der Waals surface area contributed by atoms with E-state index in [9.17, 15) is 18.0 Å². The second-order valence-electron chi connectivity index (χ2n) is 9.41. The SMILES string of the molecule is CCCCNC(=O)C(C)N(Cc1ccccc1C)C(=O)CN(c1cc(Cl)ccc1OC)S(=O)(=O)c1ccccc1. The van der Waals surface area contributed by atoms with Crippen LogP contribution in [-0.4, -0.2) is 51.4 Å². The molecule has 1 atom stereocenters. The van der Waals surface area contributed by atoms with Gasteiger partial charge in [-0.1, -0.05) is 67.4 Å². The molecule has 3 aromatic rings. The molecule has 0 aliphatic rings. The molecule has 1 N–H and O–H groups in total. The highest BCUT2D eigenvalue weighted by Gasteiger charge is 2.34. The Morgan fingerprint density at radius 3 is 2.35 bits per heavy atom.